The molecule has 4 heteroatoms. The summed E-state index contributed by atoms with van der Waals surface area (Å²) in [5.74, 6) is -0.134. The Hall–Kier alpha value is -0.710. The minimum Gasteiger partial charge on any atom is -0.309 e. The van der Waals surface area contributed by atoms with Crippen LogP contribution in [0.3, 0.4) is 0 Å². The Bertz CT molecular complexity index is 567. The van der Waals surface area contributed by atoms with Gasteiger partial charge in [0.15, 0.2) is 0 Å². The van der Waals surface area contributed by atoms with Crippen molar-refractivity contribution in [3.05, 3.63) is 55.9 Å². The van der Waals surface area contributed by atoms with Crippen molar-refractivity contribution in [3.8, 4) is 0 Å². The lowest BCUT2D eigenvalue weighted by atomic mass is 10.0. The highest BCUT2D eigenvalue weighted by Gasteiger charge is 2.15. The molecule has 0 aliphatic carbocycles. The standard InChI is InChI=1S/C16H19BrFNS/c1-3-8-19-15(16-7-4-11(2)20-16)10-12-9-13(17)5-6-14(12)18/h4-7,9,15,19H,3,8,10H2,1-2H3. The predicted octanol–water partition coefficient (Wildman–Crippen LogP) is 5.24. The van der Waals surface area contributed by atoms with E-state index in [-0.39, 0.29) is 11.9 Å². The van der Waals surface area contributed by atoms with Crippen LogP contribution in [0.25, 0.3) is 0 Å². The number of hydrogen-bond donors (Lipinski definition) is 1. The third-order valence-electron chi connectivity index (χ3n) is 3.18. The number of rotatable bonds is 6. The zero-order valence-corrected chi connectivity index (χ0v) is 14.2. The van der Waals surface area contributed by atoms with E-state index in [2.05, 4.69) is 47.2 Å². The Kier molecular flexibility index (Phi) is 5.75. The van der Waals surface area contributed by atoms with Gasteiger partial charge in [0.2, 0.25) is 0 Å². The third-order valence-corrected chi connectivity index (χ3v) is 4.78. The Balaban J connectivity index is 2.21. The maximum atomic E-state index is 13.9. The van der Waals surface area contributed by atoms with E-state index in [1.165, 1.54) is 15.8 Å². The van der Waals surface area contributed by atoms with E-state index >= 15 is 0 Å². The first-order valence-corrected chi connectivity index (χ1v) is 8.44. The third kappa shape index (κ3) is 4.14. The van der Waals surface area contributed by atoms with Gasteiger partial charge in [-0.25, -0.2) is 4.39 Å². The van der Waals surface area contributed by atoms with Crippen LogP contribution in [0.4, 0.5) is 4.39 Å². The van der Waals surface area contributed by atoms with E-state index in [0.29, 0.717) is 6.42 Å². The van der Waals surface area contributed by atoms with Crippen molar-refractivity contribution in [2.24, 2.45) is 0 Å². The fourth-order valence-electron chi connectivity index (χ4n) is 2.15. The van der Waals surface area contributed by atoms with Gasteiger partial charge in [0.05, 0.1) is 0 Å². The molecule has 0 amide bonds. The minimum absolute atomic E-state index is 0.134. The van der Waals surface area contributed by atoms with Gasteiger partial charge in [0.1, 0.15) is 5.82 Å². The molecular weight excluding hydrogens is 337 g/mol. The van der Waals surface area contributed by atoms with Gasteiger partial charge in [-0.3, -0.25) is 0 Å². The first kappa shape index (κ1) is 15.7. The van der Waals surface area contributed by atoms with Crippen LogP contribution in [0, 0.1) is 12.7 Å². The molecular formula is C16H19BrFNS. The van der Waals surface area contributed by atoms with E-state index in [1.807, 2.05) is 6.07 Å². The van der Waals surface area contributed by atoms with Gasteiger partial charge in [0.25, 0.3) is 0 Å². The molecule has 1 atom stereocenters. The van der Waals surface area contributed by atoms with Crippen molar-refractivity contribution in [2.75, 3.05) is 6.54 Å². The van der Waals surface area contributed by atoms with Crippen molar-refractivity contribution < 1.29 is 4.39 Å². The Morgan fingerprint density at radius 1 is 1.30 bits per heavy atom. The Morgan fingerprint density at radius 2 is 2.10 bits per heavy atom. The van der Waals surface area contributed by atoms with Crippen LogP contribution >= 0.6 is 27.3 Å². The topological polar surface area (TPSA) is 12.0 Å². The molecule has 0 fully saturated rings. The second-order valence-electron chi connectivity index (χ2n) is 4.89. The van der Waals surface area contributed by atoms with Crippen molar-refractivity contribution >= 4 is 27.3 Å². The van der Waals surface area contributed by atoms with Gasteiger partial charge in [-0.1, -0.05) is 22.9 Å². The van der Waals surface area contributed by atoms with Crippen molar-refractivity contribution in [1.82, 2.24) is 5.32 Å². The number of halogens is 2. The summed E-state index contributed by atoms with van der Waals surface area (Å²) in [6, 6.07) is 9.58. The number of nitrogens with one attached hydrogen (secondary N) is 1. The van der Waals surface area contributed by atoms with Crippen molar-refractivity contribution in [1.29, 1.82) is 0 Å². The zero-order valence-electron chi connectivity index (χ0n) is 11.7. The number of aryl methyl sites for hydroxylation is 1. The lowest BCUT2D eigenvalue weighted by Crippen LogP contribution is -2.23. The molecule has 0 saturated carbocycles. The van der Waals surface area contributed by atoms with Gasteiger partial charge in [-0.2, -0.15) is 0 Å². The smallest absolute Gasteiger partial charge is 0.126 e. The van der Waals surface area contributed by atoms with Crippen LogP contribution < -0.4 is 5.32 Å². The first-order valence-electron chi connectivity index (χ1n) is 6.83. The molecule has 1 heterocycles. The number of hydrogen-bond acceptors (Lipinski definition) is 2. The van der Waals surface area contributed by atoms with Crippen molar-refractivity contribution in [3.63, 3.8) is 0 Å². The molecule has 1 N–H and O–H groups in total. The molecule has 1 aromatic carbocycles. The molecule has 1 nitrogen and oxygen atoms in total. The molecule has 0 radical (unpaired) electrons. The molecule has 0 spiro atoms. The second kappa shape index (κ2) is 7.34. The fraction of sp³-hybridized carbons (Fsp3) is 0.375. The molecule has 1 aromatic heterocycles. The van der Waals surface area contributed by atoms with E-state index < -0.39 is 0 Å². The summed E-state index contributed by atoms with van der Waals surface area (Å²) >= 11 is 5.19. The highest BCUT2D eigenvalue weighted by atomic mass is 79.9. The molecule has 0 aliphatic rings. The van der Waals surface area contributed by atoms with Gasteiger partial charge in [-0.15, -0.1) is 11.3 Å². The van der Waals surface area contributed by atoms with Crippen LogP contribution in [-0.2, 0) is 6.42 Å². The molecule has 1 unspecified atom stereocenters. The predicted molar refractivity (Wildman–Crippen MR) is 87.9 cm³/mol. The average Bonchev–Trinajstić information content (AvgIpc) is 2.85. The molecule has 0 bridgehead atoms. The SMILES string of the molecule is CCCNC(Cc1cc(Br)ccc1F)c1ccc(C)s1. The van der Waals surface area contributed by atoms with Gasteiger partial charge in [0, 0.05) is 20.3 Å². The lowest BCUT2D eigenvalue weighted by Gasteiger charge is -2.18. The Morgan fingerprint density at radius 3 is 2.75 bits per heavy atom. The summed E-state index contributed by atoms with van der Waals surface area (Å²) in [5.41, 5.74) is 0.749. The minimum atomic E-state index is -0.134. The fourth-order valence-corrected chi connectivity index (χ4v) is 3.51. The summed E-state index contributed by atoms with van der Waals surface area (Å²) in [7, 11) is 0. The summed E-state index contributed by atoms with van der Waals surface area (Å²) in [4.78, 5) is 2.56. The first-order chi connectivity index (χ1) is 9.60. The van der Waals surface area contributed by atoms with Gasteiger partial charge in [-0.05, 0) is 62.2 Å². The average molecular weight is 356 g/mol. The highest BCUT2D eigenvalue weighted by molar-refractivity contribution is 9.10. The summed E-state index contributed by atoms with van der Waals surface area (Å²) < 4.78 is 14.8. The van der Waals surface area contributed by atoms with E-state index in [4.69, 9.17) is 0 Å². The van der Waals surface area contributed by atoms with Crippen molar-refractivity contribution in [2.45, 2.75) is 32.7 Å². The number of thiophene rings is 1. The van der Waals surface area contributed by atoms with Crippen LogP contribution in [0.1, 0.15) is 34.7 Å². The second-order valence-corrected chi connectivity index (χ2v) is 7.13. The Labute approximate surface area is 132 Å². The lowest BCUT2D eigenvalue weighted by molar-refractivity contribution is 0.519. The van der Waals surface area contributed by atoms with Crippen LogP contribution in [0.5, 0.6) is 0 Å². The van der Waals surface area contributed by atoms with Crippen LogP contribution in [-0.4, -0.2) is 6.54 Å². The zero-order chi connectivity index (χ0) is 14.5. The molecule has 2 rings (SSSR count). The van der Waals surface area contributed by atoms with E-state index in [1.54, 1.807) is 17.4 Å². The molecule has 108 valence electrons. The summed E-state index contributed by atoms with van der Waals surface area (Å²) in [5, 5.41) is 3.52. The normalized spacial score (nSPS) is 12.6. The quantitative estimate of drug-likeness (QED) is 0.746. The summed E-state index contributed by atoms with van der Waals surface area (Å²) in [6.45, 7) is 5.19. The van der Waals surface area contributed by atoms with E-state index in [9.17, 15) is 4.39 Å². The largest absolute Gasteiger partial charge is 0.309 e. The molecule has 2 aromatic rings. The maximum Gasteiger partial charge on any atom is 0.126 e. The van der Waals surface area contributed by atoms with E-state index in [0.717, 1.165) is 23.0 Å². The molecule has 0 saturated heterocycles. The van der Waals surface area contributed by atoms with Gasteiger partial charge >= 0.3 is 0 Å². The van der Waals surface area contributed by atoms with Crippen LogP contribution in [0.2, 0.25) is 0 Å². The van der Waals surface area contributed by atoms with Crippen LogP contribution in [0.15, 0.2) is 34.8 Å². The van der Waals surface area contributed by atoms with Gasteiger partial charge < -0.3 is 5.32 Å². The summed E-state index contributed by atoms with van der Waals surface area (Å²) in [6.07, 6.45) is 1.74. The maximum absolute atomic E-state index is 13.9. The monoisotopic (exact) mass is 355 g/mol. The highest BCUT2D eigenvalue weighted by Crippen LogP contribution is 2.27. The number of benzene rings is 1. The molecule has 0 aliphatic heterocycles. The molecule has 20 heavy (non-hydrogen) atoms.